The molecule has 0 aliphatic carbocycles. The summed E-state index contributed by atoms with van der Waals surface area (Å²) in [6, 6.07) is 3.98. The number of pyridine rings is 1. The molecule has 0 N–H and O–H groups in total. The maximum atomic E-state index is 4.52. The van der Waals surface area contributed by atoms with Crippen molar-refractivity contribution >= 4 is 0 Å². The van der Waals surface area contributed by atoms with Crippen LogP contribution in [0.15, 0.2) is 30.7 Å². The fourth-order valence-electron chi connectivity index (χ4n) is 2.08. The molecule has 2 heterocycles. The molecular weight excluding hydrogens is 210 g/mol. The zero-order chi connectivity index (χ0) is 12.4. The van der Waals surface area contributed by atoms with Crippen LogP contribution in [-0.4, -0.2) is 14.8 Å². The Morgan fingerprint density at radius 3 is 2.18 bits per heavy atom. The summed E-state index contributed by atoms with van der Waals surface area (Å²) in [6.07, 6.45) is 5.59. The Morgan fingerprint density at radius 2 is 1.65 bits per heavy atom. The summed E-state index contributed by atoms with van der Waals surface area (Å²) < 4.78 is 2.03. The Balaban J connectivity index is 2.56. The molecule has 0 bridgehead atoms. The first-order valence-corrected chi connectivity index (χ1v) is 6.09. The average Bonchev–Trinajstić information content (AvgIpc) is 2.74. The van der Waals surface area contributed by atoms with Gasteiger partial charge in [-0.1, -0.05) is 27.7 Å². The lowest BCUT2D eigenvalue weighted by Gasteiger charge is -2.14. The van der Waals surface area contributed by atoms with Crippen molar-refractivity contribution in [2.45, 2.75) is 39.5 Å². The molecule has 0 fully saturated rings. The molecule has 17 heavy (non-hydrogen) atoms. The fourth-order valence-corrected chi connectivity index (χ4v) is 2.08. The molecule has 0 aromatic carbocycles. The second kappa shape index (κ2) is 4.70. The van der Waals surface area contributed by atoms with Crippen molar-refractivity contribution in [2.24, 2.45) is 0 Å². The summed E-state index contributed by atoms with van der Waals surface area (Å²) in [4.78, 5) is 4.05. The first kappa shape index (κ1) is 11.8. The standard InChI is InChI=1S/C14H19N3/c1-10(2)13-9-16-17(14(13)11(3)4)12-5-7-15-8-6-12/h5-11H,1-4H3. The minimum atomic E-state index is 0.461. The van der Waals surface area contributed by atoms with Crippen LogP contribution in [0.4, 0.5) is 0 Å². The predicted molar refractivity (Wildman–Crippen MR) is 69.5 cm³/mol. The van der Waals surface area contributed by atoms with Gasteiger partial charge in [0, 0.05) is 12.4 Å². The molecule has 3 nitrogen and oxygen atoms in total. The average molecular weight is 229 g/mol. The molecule has 0 atom stereocenters. The van der Waals surface area contributed by atoms with E-state index in [0.29, 0.717) is 11.8 Å². The van der Waals surface area contributed by atoms with Gasteiger partial charge in [-0.2, -0.15) is 5.10 Å². The molecule has 2 aromatic rings. The van der Waals surface area contributed by atoms with Crippen molar-refractivity contribution in [3.05, 3.63) is 42.0 Å². The highest BCUT2D eigenvalue weighted by Crippen LogP contribution is 2.27. The van der Waals surface area contributed by atoms with E-state index in [-0.39, 0.29) is 0 Å². The van der Waals surface area contributed by atoms with Crippen LogP contribution in [0.3, 0.4) is 0 Å². The zero-order valence-electron chi connectivity index (χ0n) is 10.9. The van der Waals surface area contributed by atoms with Crippen LogP contribution in [0.25, 0.3) is 5.69 Å². The van der Waals surface area contributed by atoms with Gasteiger partial charge in [-0.05, 0) is 29.5 Å². The highest BCUT2D eigenvalue weighted by molar-refractivity contribution is 5.35. The Morgan fingerprint density at radius 1 is 1.00 bits per heavy atom. The number of nitrogens with zero attached hydrogens (tertiary/aromatic N) is 3. The predicted octanol–water partition coefficient (Wildman–Crippen LogP) is 3.51. The summed E-state index contributed by atoms with van der Waals surface area (Å²) in [5, 5.41) is 4.52. The SMILES string of the molecule is CC(C)c1cnn(-c2ccncc2)c1C(C)C. The van der Waals surface area contributed by atoms with E-state index in [0.717, 1.165) is 5.69 Å². The van der Waals surface area contributed by atoms with Crippen LogP contribution < -0.4 is 0 Å². The highest BCUT2D eigenvalue weighted by Gasteiger charge is 2.17. The summed E-state index contributed by atoms with van der Waals surface area (Å²) in [6.45, 7) is 8.83. The van der Waals surface area contributed by atoms with E-state index in [4.69, 9.17) is 0 Å². The second-order valence-corrected chi connectivity index (χ2v) is 4.91. The van der Waals surface area contributed by atoms with E-state index in [1.54, 1.807) is 12.4 Å². The van der Waals surface area contributed by atoms with Gasteiger partial charge in [0.2, 0.25) is 0 Å². The molecule has 0 aliphatic heterocycles. The Labute approximate surface area is 103 Å². The van der Waals surface area contributed by atoms with Crippen molar-refractivity contribution in [1.29, 1.82) is 0 Å². The Hall–Kier alpha value is -1.64. The minimum Gasteiger partial charge on any atom is -0.265 e. The molecule has 0 unspecified atom stereocenters. The maximum absolute atomic E-state index is 4.52. The van der Waals surface area contributed by atoms with Gasteiger partial charge in [-0.25, -0.2) is 4.68 Å². The third-order valence-electron chi connectivity index (χ3n) is 2.91. The summed E-state index contributed by atoms with van der Waals surface area (Å²) in [5.41, 5.74) is 3.71. The lowest BCUT2D eigenvalue weighted by Crippen LogP contribution is -2.06. The van der Waals surface area contributed by atoms with Crippen LogP contribution in [-0.2, 0) is 0 Å². The van der Waals surface area contributed by atoms with Gasteiger partial charge in [0.1, 0.15) is 0 Å². The molecule has 0 amide bonds. The second-order valence-electron chi connectivity index (χ2n) is 4.91. The van der Waals surface area contributed by atoms with Crippen LogP contribution in [0, 0.1) is 0 Å². The molecule has 0 saturated heterocycles. The third kappa shape index (κ3) is 2.23. The van der Waals surface area contributed by atoms with Gasteiger partial charge in [-0.3, -0.25) is 4.98 Å². The minimum absolute atomic E-state index is 0.461. The van der Waals surface area contributed by atoms with Gasteiger partial charge in [-0.15, -0.1) is 0 Å². The molecule has 0 aliphatic rings. The fraction of sp³-hybridized carbons (Fsp3) is 0.429. The molecule has 2 aromatic heterocycles. The van der Waals surface area contributed by atoms with Crippen molar-refractivity contribution in [2.75, 3.05) is 0 Å². The third-order valence-corrected chi connectivity index (χ3v) is 2.91. The monoisotopic (exact) mass is 229 g/mol. The number of hydrogen-bond donors (Lipinski definition) is 0. The van der Waals surface area contributed by atoms with E-state index in [2.05, 4.69) is 37.8 Å². The smallest absolute Gasteiger partial charge is 0.0679 e. The molecule has 3 heteroatoms. The van der Waals surface area contributed by atoms with E-state index < -0.39 is 0 Å². The van der Waals surface area contributed by atoms with Gasteiger partial charge in [0.05, 0.1) is 17.6 Å². The van der Waals surface area contributed by atoms with Gasteiger partial charge in [0.25, 0.3) is 0 Å². The molecule has 2 rings (SSSR count). The van der Waals surface area contributed by atoms with Gasteiger partial charge >= 0.3 is 0 Å². The number of rotatable bonds is 3. The zero-order valence-corrected chi connectivity index (χ0v) is 10.9. The quantitative estimate of drug-likeness (QED) is 0.806. The van der Waals surface area contributed by atoms with Crippen LogP contribution in [0.5, 0.6) is 0 Å². The van der Waals surface area contributed by atoms with E-state index in [1.165, 1.54) is 11.3 Å². The van der Waals surface area contributed by atoms with Crippen molar-refractivity contribution in [3.63, 3.8) is 0 Å². The van der Waals surface area contributed by atoms with Crippen LogP contribution in [0.2, 0.25) is 0 Å². The molecule has 0 saturated carbocycles. The number of hydrogen-bond acceptors (Lipinski definition) is 2. The topological polar surface area (TPSA) is 30.7 Å². The highest BCUT2D eigenvalue weighted by atomic mass is 15.3. The number of aromatic nitrogens is 3. The van der Waals surface area contributed by atoms with Crippen LogP contribution >= 0.6 is 0 Å². The van der Waals surface area contributed by atoms with Crippen molar-refractivity contribution < 1.29 is 0 Å². The van der Waals surface area contributed by atoms with E-state index in [9.17, 15) is 0 Å². The first-order valence-electron chi connectivity index (χ1n) is 6.09. The lowest BCUT2D eigenvalue weighted by atomic mass is 9.98. The van der Waals surface area contributed by atoms with Crippen LogP contribution in [0.1, 0.15) is 50.8 Å². The summed E-state index contributed by atoms with van der Waals surface area (Å²) in [5.74, 6) is 0.964. The summed E-state index contributed by atoms with van der Waals surface area (Å²) >= 11 is 0. The normalized spacial score (nSPS) is 11.4. The van der Waals surface area contributed by atoms with Gasteiger partial charge in [0.15, 0.2) is 0 Å². The largest absolute Gasteiger partial charge is 0.265 e. The Bertz CT molecular complexity index is 483. The van der Waals surface area contributed by atoms with Gasteiger partial charge < -0.3 is 0 Å². The van der Waals surface area contributed by atoms with Crippen molar-refractivity contribution in [3.8, 4) is 5.69 Å². The molecule has 0 radical (unpaired) electrons. The van der Waals surface area contributed by atoms with E-state index in [1.807, 2.05) is 23.0 Å². The van der Waals surface area contributed by atoms with E-state index >= 15 is 0 Å². The maximum Gasteiger partial charge on any atom is 0.0679 e. The molecule has 0 spiro atoms. The lowest BCUT2D eigenvalue weighted by molar-refractivity contribution is 0.713. The molecular formula is C14H19N3. The summed E-state index contributed by atoms with van der Waals surface area (Å²) in [7, 11) is 0. The Kier molecular flexibility index (Phi) is 3.27. The van der Waals surface area contributed by atoms with Crippen molar-refractivity contribution in [1.82, 2.24) is 14.8 Å². The molecule has 90 valence electrons. The first-order chi connectivity index (χ1) is 8.11.